The van der Waals surface area contributed by atoms with Crippen molar-refractivity contribution in [3.05, 3.63) is 71.1 Å². The lowest BCUT2D eigenvalue weighted by Gasteiger charge is -2.27. The van der Waals surface area contributed by atoms with Crippen molar-refractivity contribution in [1.29, 1.82) is 0 Å². The Morgan fingerprint density at radius 2 is 1.50 bits per heavy atom. The highest BCUT2D eigenvalue weighted by molar-refractivity contribution is 5.66. The summed E-state index contributed by atoms with van der Waals surface area (Å²) in [6.45, 7) is 5.73. The van der Waals surface area contributed by atoms with Gasteiger partial charge in [0.25, 0.3) is 0 Å². The van der Waals surface area contributed by atoms with Gasteiger partial charge in [0.2, 0.25) is 0 Å². The molecule has 0 unspecified atom stereocenters. The first-order valence-corrected chi connectivity index (χ1v) is 10.7. The number of benzene rings is 2. The normalized spacial score (nSPS) is 19.1. The van der Waals surface area contributed by atoms with E-state index in [4.69, 9.17) is 0 Å². The smallest absolute Gasteiger partial charge is 0.167 e. The van der Waals surface area contributed by atoms with E-state index in [-0.39, 0.29) is 23.1 Å². The second-order valence-electron chi connectivity index (χ2n) is 8.17. The molecule has 30 heavy (non-hydrogen) atoms. The highest BCUT2D eigenvalue weighted by atomic mass is 19.2. The van der Waals surface area contributed by atoms with Crippen LogP contribution in [0.1, 0.15) is 68.9 Å². The lowest BCUT2D eigenvalue weighted by Crippen LogP contribution is -2.15. The minimum atomic E-state index is -1.27. The van der Waals surface area contributed by atoms with Crippen molar-refractivity contribution < 1.29 is 22.0 Å². The van der Waals surface area contributed by atoms with E-state index in [0.29, 0.717) is 25.2 Å². The van der Waals surface area contributed by atoms with E-state index in [0.717, 1.165) is 43.9 Å². The molecular weight excluding hydrogens is 395 g/mol. The molecule has 2 aromatic carbocycles. The molecule has 2 aromatic rings. The van der Waals surface area contributed by atoms with E-state index < -0.39 is 40.6 Å². The van der Waals surface area contributed by atoms with Crippen LogP contribution in [-0.4, -0.2) is 0 Å². The standard InChI is InChI=1S/C25H27F5/c1-3-5-6-7-18-20(26)12-17(13-21(18)27)19-14-22(28)23(25(30)24(19)29)16-10-8-15(4-2)9-11-16/h4,12-16H,2-3,5-11H2,1H3. The number of rotatable bonds is 7. The van der Waals surface area contributed by atoms with Crippen molar-refractivity contribution >= 4 is 0 Å². The predicted octanol–water partition coefficient (Wildman–Crippen LogP) is 8.24. The molecular formula is C25H27F5. The average Bonchev–Trinajstić information content (AvgIpc) is 2.73. The zero-order valence-corrected chi connectivity index (χ0v) is 17.2. The van der Waals surface area contributed by atoms with Crippen LogP contribution in [0.4, 0.5) is 22.0 Å². The maximum Gasteiger partial charge on any atom is 0.167 e. The van der Waals surface area contributed by atoms with Crippen LogP contribution in [0.3, 0.4) is 0 Å². The Hall–Kier alpha value is -2.17. The Bertz CT molecular complexity index is 887. The predicted molar refractivity (Wildman–Crippen MR) is 110 cm³/mol. The summed E-state index contributed by atoms with van der Waals surface area (Å²) < 4.78 is 73.4. The van der Waals surface area contributed by atoms with E-state index in [1.165, 1.54) is 0 Å². The molecule has 0 N–H and O–H groups in total. The van der Waals surface area contributed by atoms with Gasteiger partial charge in [0.05, 0.1) is 0 Å². The molecule has 0 saturated heterocycles. The molecule has 0 radical (unpaired) electrons. The van der Waals surface area contributed by atoms with Crippen molar-refractivity contribution in [3.63, 3.8) is 0 Å². The van der Waals surface area contributed by atoms with Gasteiger partial charge >= 0.3 is 0 Å². The molecule has 1 fully saturated rings. The molecule has 1 saturated carbocycles. The monoisotopic (exact) mass is 422 g/mol. The van der Waals surface area contributed by atoms with Crippen LogP contribution in [0.2, 0.25) is 0 Å². The number of halogens is 5. The molecule has 0 bridgehead atoms. The fourth-order valence-electron chi connectivity index (χ4n) is 4.39. The van der Waals surface area contributed by atoms with Crippen molar-refractivity contribution in [2.45, 2.75) is 64.2 Å². The minimum absolute atomic E-state index is 0.0795. The number of hydrogen-bond acceptors (Lipinski definition) is 0. The fraction of sp³-hybridized carbons (Fsp3) is 0.440. The first kappa shape index (κ1) is 22.5. The van der Waals surface area contributed by atoms with Gasteiger partial charge in [-0.05, 0) is 74.1 Å². The van der Waals surface area contributed by atoms with Gasteiger partial charge < -0.3 is 0 Å². The summed E-state index contributed by atoms with van der Waals surface area (Å²) in [5.41, 5.74) is -1.02. The van der Waals surface area contributed by atoms with Gasteiger partial charge in [0, 0.05) is 16.7 Å². The van der Waals surface area contributed by atoms with Crippen molar-refractivity contribution in [3.8, 4) is 11.1 Å². The van der Waals surface area contributed by atoms with E-state index in [9.17, 15) is 22.0 Å². The van der Waals surface area contributed by atoms with Crippen molar-refractivity contribution in [1.82, 2.24) is 0 Å². The molecule has 1 aliphatic carbocycles. The number of allylic oxidation sites excluding steroid dienone is 1. The Morgan fingerprint density at radius 1 is 0.867 bits per heavy atom. The van der Waals surface area contributed by atoms with Crippen LogP contribution in [-0.2, 0) is 6.42 Å². The number of unbranched alkanes of at least 4 members (excludes halogenated alkanes) is 2. The summed E-state index contributed by atoms with van der Waals surface area (Å²) >= 11 is 0. The second kappa shape index (κ2) is 9.76. The van der Waals surface area contributed by atoms with Crippen LogP contribution in [0, 0.1) is 35.0 Å². The van der Waals surface area contributed by atoms with E-state index in [2.05, 4.69) is 6.58 Å². The molecule has 0 aromatic heterocycles. The third-order valence-electron chi connectivity index (χ3n) is 6.19. The Balaban J connectivity index is 1.93. The summed E-state index contributed by atoms with van der Waals surface area (Å²) in [7, 11) is 0. The number of hydrogen-bond donors (Lipinski definition) is 0. The van der Waals surface area contributed by atoms with Crippen molar-refractivity contribution in [2.24, 2.45) is 5.92 Å². The third-order valence-corrected chi connectivity index (χ3v) is 6.19. The lowest BCUT2D eigenvalue weighted by atomic mass is 9.78. The summed E-state index contributed by atoms with van der Waals surface area (Å²) in [5.74, 6) is -5.17. The summed E-state index contributed by atoms with van der Waals surface area (Å²) in [6.07, 6.45) is 7.00. The van der Waals surface area contributed by atoms with Gasteiger partial charge in [-0.3, -0.25) is 0 Å². The SMILES string of the molecule is C=CC1CCC(c2c(F)cc(-c3cc(F)c(CCCCC)c(F)c3)c(F)c2F)CC1. The highest BCUT2D eigenvalue weighted by Gasteiger charge is 2.29. The van der Waals surface area contributed by atoms with Crippen LogP contribution < -0.4 is 0 Å². The molecule has 1 aliphatic rings. The minimum Gasteiger partial charge on any atom is -0.207 e. The quantitative estimate of drug-likeness (QED) is 0.182. The van der Waals surface area contributed by atoms with Gasteiger partial charge in [-0.25, -0.2) is 22.0 Å². The van der Waals surface area contributed by atoms with E-state index in [1.54, 1.807) is 0 Å². The lowest BCUT2D eigenvalue weighted by molar-refractivity contribution is 0.354. The highest BCUT2D eigenvalue weighted by Crippen LogP contribution is 2.41. The van der Waals surface area contributed by atoms with E-state index in [1.807, 2.05) is 13.0 Å². The Labute approximate surface area is 174 Å². The topological polar surface area (TPSA) is 0 Å². The fourth-order valence-corrected chi connectivity index (χ4v) is 4.39. The van der Waals surface area contributed by atoms with Crippen LogP contribution in [0.5, 0.6) is 0 Å². The second-order valence-corrected chi connectivity index (χ2v) is 8.17. The zero-order chi connectivity index (χ0) is 21.8. The van der Waals surface area contributed by atoms with Gasteiger partial charge in [0.15, 0.2) is 11.6 Å². The van der Waals surface area contributed by atoms with Gasteiger partial charge in [-0.2, -0.15) is 0 Å². The first-order chi connectivity index (χ1) is 14.4. The van der Waals surface area contributed by atoms with Gasteiger partial charge in [0.1, 0.15) is 17.5 Å². The third kappa shape index (κ3) is 4.60. The molecule has 0 atom stereocenters. The Morgan fingerprint density at radius 3 is 2.07 bits per heavy atom. The largest absolute Gasteiger partial charge is 0.207 e. The molecule has 0 amide bonds. The summed E-state index contributed by atoms with van der Waals surface area (Å²) in [6, 6.07) is 2.77. The zero-order valence-electron chi connectivity index (χ0n) is 17.2. The Kier molecular flexibility index (Phi) is 7.32. The van der Waals surface area contributed by atoms with E-state index >= 15 is 0 Å². The molecule has 0 nitrogen and oxygen atoms in total. The van der Waals surface area contributed by atoms with Crippen LogP contribution >= 0.6 is 0 Å². The first-order valence-electron chi connectivity index (χ1n) is 10.7. The molecule has 3 rings (SSSR count). The summed E-state index contributed by atoms with van der Waals surface area (Å²) in [4.78, 5) is 0. The summed E-state index contributed by atoms with van der Waals surface area (Å²) in [5, 5.41) is 0. The maximum atomic E-state index is 14.8. The molecule has 0 heterocycles. The van der Waals surface area contributed by atoms with Crippen LogP contribution in [0.15, 0.2) is 30.9 Å². The van der Waals surface area contributed by atoms with Crippen molar-refractivity contribution in [2.75, 3.05) is 0 Å². The average molecular weight is 422 g/mol. The molecule has 162 valence electrons. The van der Waals surface area contributed by atoms with Gasteiger partial charge in [-0.15, -0.1) is 6.58 Å². The molecule has 0 spiro atoms. The molecule has 0 aliphatic heterocycles. The van der Waals surface area contributed by atoms with Crippen LogP contribution in [0.25, 0.3) is 11.1 Å². The maximum absolute atomic E-state index is 14.8. The van der Waals surface area contributed by atoms with Gasteiger partial charge in [-0.1, -0.05) is 25.8 Å². The molecule has 5 heteroatoms.